The van der Waals surface area contributed by atoms with Gasteiger partial charge in [-0.05, 0) is 24.5 Å². The summed E-state index contributed by atoms with van der Waals surface area (Å²) in [6.45, 7) is 2.83. The van der Waals surface area contributed by atoms with Crippen molar-refractivity contribution in [2.24, 2.45) is 0 Å². The molecule has 0 aliphatic heterocycles. The molecule has 0 saturated heterocycles. The zero-order chi connectivity index (χ0) is 16.1. The average Bonchev–Trinajstić information content (AvgIpc) is 3.14. The number of allylic oxidation sites excluding steroid dienone is 3. The van der Waals surface area contributed by atoms with E-state index >= 15 is 0 Å². The lowest BCUT2D eigenvalue weighted by Gasteiger charge is -2.36. The number of nitrogens with one attached hydrogen (secondary N) is 1. The van der Waals surface area contributed by atoms with E-state index in [1.54, 1.807) is 0 Å². The second-order valence-corrected chi connectivity index (χ2v) is 6.06. The van der Waals surface area contributed by atoms with Gasteiger partial charge in [-0.15, -0.1) is 0 Å². The molecule has 23 heavy (non-hydrogen) atoms. The molecule has 2 aromatic rings. The van der Waals surface area contributed by atoms with Crippen molar-refractivity contribution in [3.63, 3.8) is 0 Å². The molecule has 2 heteroatoms. The lowest BCUT2D eigenvalue weighted by Crippen LogP contribution is -2.48. The third-order valence-corrected chi connectivity index (χ3v) is 4.54. The fraction of sp³-hybridized carbons (Fsp3) is 0.238. The van der Waals surface area contributed by atoms with E-state index in [9.17, 15) is 5.11 Å². The van der Waals surface area contributed by atoms with Gasteiger partial charge in [-0.25, -0.2) is 0 Å². The molecular weight excluding hydrogens is 282 g/mol. The number of hydrogen-bond donors (Lipinski definition) is 2. The molecule has 2 aromatic carbocycles. The quantitative estimate of drug-likeness (QED) is 0.851. The topological polar surface area (TPSA) is 32.3 Å². The average molecular weight is 305 g/mol. The molecule has 3 rings (SSSR count). The molecule has 0 amide bonds. The minimum Gasteiger partial charge on any atom is -0.379 e. The molecule has 0 heterocycles. The first-order valence-electron chi connectivity index (χ1n) is 8.12. The van der Waals surface area contributed by atoms with E-state index in [0.29, 0.717) is 0 Å². The number of hydrogen-bond acceptors (Lipinski definition) is 2. The Hall–Kier alpha value is -2.16. The highest BCUT2D eigenvalue weighted by Gasteiger charge is 2.37. The van der Waals surface area contributed by atoms with Crippen LogP contribution in [0.5, 0.6) is 0 Å². The van der Waals surface area contributed by atoms with Crippen LogP contribution in [0.4, 0.5) is 0 Å². The molecule has 1 atom stereocenters. The van der Waals surface area contributed by atoms with Crippen molar-refractivity contribution in [1.29, 1.82) is 0 Å². The Labute approximate surface area is 138 Å². The van der Waals surface area contributed by atoms with Gasteiger partial charge < -0.3 is 10.4 Å². The highest BCUT2D eigenvalue weighted by Crippen LogP contribution is 2.33. The van der Waals surface area contributed by atoms with Crippen LogP contribution in [-0.2, 0) is 5.60 Å². The lowest BCUT2D eigenvalue weighted by molar-refractivity contribution is 0.0448. The number of benzene rings is 2. The van der Waals surface area contributed by atoms with Gasteiger partial charge in [0, 0.05) is 12.6 Å². The van der Waals surface area contributed by atoms with E-state index in [1.807, 2.05) is 67.6 Å². The van der Waals surface area contributed by atoms with Crippen molar-refractivity contribution in [2.45, 2.75) is 25.0 Å². The Morgan fingerprint density at radius 2 is 1.57 bits per heavy atom. The summed E-state index contributed by atoms with van der Waals surface area (Å²) in [6, 6.07) is 19.7. The Morgan fingerprint density at radius 3 is 2.04 bits per heavy atom. The summed E-state index contributed by atoms with van der Waals surface area (Å²) in [5.41, 5.74) is 2.10. The molecule has 0 spiro atoms. The smallest absolute Gasteiger partial charge is 0.130 e. The van der Waals surface area contributed by atoms with E-state index in [4.69, 9.17) is 0 Å². The summed E-state index contributed by atoms with van der Waals surface area (Å²) in [5.74, 6) is 0. The normalized spacial score (nSPS) is 15.5. The summed E-state index contributed by atoms with van der Waals surface area (Å²) in [4.78, 5) is 0. The van der Waals surface area contributed by atoms with Gasteiger partial charge in [0.1, 0.15) is 5.60 Å². The first-order chi connectivity index (χ1) is 11.2. The Balaban J connectivity index is 1.88. The van der Waals surface area contributed by atoms with Gasteiger partial charge in [-0.1, -0.05) is 84.5 Å². The second kappa shape index (κ2) is 6.95. The Bertz CT molecular complexity index is 649. The standard InChI is InChI=1S/C21H23NO/c1-17(22-16-18-10-8-9-11-18)21(23,19-12-4-2-5-13-19)20-14-6-3-7-15-20/h2-10,12-15,17,22-23H,11,16H2,1H3/t17-/m0/s1. The van der Waals surface area contributed by atoms with Crippen molar-refractivity contribution in [1.82, 2.24) is 5.32 Å². The van der Waals surface area contributed by atoms with Gasteiger partial charge in [0.25, 0.3) is 0 Å². The fourth-order valence-electron chi connectivity index (χ4n) is 3.11. The summed E-state index contributed by atoms with van der Waals surface area (Å²) in [6.07, 6.45) is 7.38. The van der Waals surface area contributed by atoms with Gasteiger partial charge in [0.2, 0.25) is 0 Å². The molecule has 0 fully saturated rings. The summed E-state index contributed by atoms with van der Waals surface area (Å²) >= 11 is 0. The first-order valence-corrected chi connectivity index (χ1v) is 8.12. The van der Waals surface area contributed by atoms with Crippen LogP contribution in [-0.4, -0.2) is 17.7 Å². The molecule has 1 aliphatic carbocycles. The zero-order valence-electron chi connectivity index (χ0n) is 13.4. The van der Waals surface area contributed by atoms with Crippen LogP contribution in [0.3, 0.4) is 0 Å². The molecule has 118 valence electrons. The van der Waals surface area contributed by atoms with Crippen LogP contribution >= 0.6 is 0 Å². The van der Waals surface area contributed by atoms with Crippen LogP contribution in [0.25, 0.3) is 0 Å². The third-order valence-electron chi connectivity index (χ3n) is 4.54. The van der Waals surface area contributed by atoms with Crippen molar-refractivity contribution >= 4 is 0 Å². The van der Waals surface area contributed by atoms with Gasteiger partial charge in [0.05, 0.1) is 0 Å². The maximum absolute atomic E-state index is 11.6. The van der Waals surface area contributed by atoms with Crippen LogP contribution in [0, 0.1) is 0 Å². The molecule has 0 saturated carbocycles. The molecule has 2 N–H and O–H groups in total. The van der Waals surface area contributed by atoms with Crippen LogP contribution < -0.4 is 5.32 Å². The first kappa shape index (κ1) is 15.7. The van der Waals surface area contributed by atoms with Gasteiger partial charge in [-0.3, -0.25) is 0 Å². The minimum absolute atomic E-state index is 0.117. The molecule has 0 unspecified atom stereocenters. The Morgan fingerprint density at radius 1 is 1.00 bits per heavy atom. The predicted molar refractivity (Wildman–Crippen MR) is 95.2 cm³/mol. The second-order valence-electron chi connectivity index (χ2n) is 6.06. The molecule has 0 bridgehead atoms. The maximum Gasteiger partial charge on any atom is 0.130 e. The zero-order valence-corrected chi connectivity index (χ0v) is 13.4. The molecule has 0 radical (unpaired) electrons. The number of aliphatic hydroxyl groups is 1. The predicted octanol–water partition coefficient (Wildman–Crippen LogP) is 3.79. The van der Waals surface area contributed by atoms with E-state index in [0.717, 1.165) is 24.1 Å². The SMILES string of the molecule is C[C@H](NCC1=CC=CC1)C(O)(c1ccccc1)c1ccccc1. The fourth-order valence-corrected chi connectivity index (χ4v) is 3.11. The van der Waals surface area contributed by atoms with Crippen molar-refractivity contribution in [3.05, 3.63) is 95.6 Å². The van der Waals surface area contributed by atoms with Gasteiger partial charge in [-0.2, -0.15) is 0 Å². The minimum atomic E-state index is -1.06. The maximum atomic E-state index is 11.6. The van der Waals surface area contributed by atoms with Crippen LogP contribution in [0.2, 0.25) is 0 Å². The summed E-state index contributed by atoms with van der Waals surface area (Å²) in [7, 11) is 0. The highest BCUT2D eigenvalue weighted by molar-refractivity contribution is 5.38. The van der Waals surface area contributed by atoms with E-state index in [-0.39, 0.29) is 6.04 Å². The van der Waals surface area contributed by atoms with Gasteiger partial charge >= 0.3 is 0 Å². The Kier molecular flexibility index (Phi) is 4.75. The van der Waals surface area contributed by atoms with Crippen LogP contribution in [0.1, 0.15) is 24.5 Å². The summed E-state index contributed by atoms with van der Waals surface area (Å²) < 4.78 is 0. The molecule has 0 aromatic heterocycles. The van der Waals surface area contributed by atoms with Crippen LogP contribution in [0.15, 0.2) is 84.5 Å². The van der Waals surface area contributed by atoms with E-state index in [1.165, 1.54) is 5.57 Å². The van der Waals surface area contributed by atoms with E-state index in [2.05, 4.69) is 23.5 Å². The summed E-state index contributed by atoms with van der Waals surface area (Å²) in [5, 5.41) is 15.1. The van der Waals surface area contributed by atoms with Gasteiger partial charge in [0.15, 0.2) is 0 Å². The third kappa shape index (κ3) is 3.29. The molecular formula is C21H23NO. The lowest BCUT2D eigenvalue weighted by atomic mass is 9.80. The van der Waals surface area contributed by atoms with Crippen molar-refractivity contribution in [2.75, 3.05) is 6.54 Å². The monoisotopic (exact) mass is 305 g/mol. The van der Waals surface area contributed by atoms with E-state index < -0.39 is 5.60 Å². The van der Waals surface area contributed by atoms with Crippen molar-refractivity contribution in [3.8, 4) is 0 Å². The molecule has 2 nitrogen and oxygen atoms in total. The molecule has 1 aliphatic rings. The highest BCUT2D eigenvalue weighted by atomic mass is 16.3. The number of rotatable bonds is 6. The largest absolute Gasteiger partial charge is 0.379 e. The van der Waals surface area contributed by atoms with Crippen molar-refractivity contribution < 1.29 is 5.11 Å².